The van der Waals surface area contributed by atoms with E-state index in [2.05, 4.69) is 24.3 Å². The third kappa shape index (κ3) is 3.67. The molecule has 7 heteroatoms. The first kappa shape index (κ1) is 18.6. The van der Waals surface area contributed by atoms with Crippen LogP contribution < -0.4 is 15.6 Å². The van der Waals surface area contributed by atoms with Gasteiger partial charge in [-0.1, -0.05) is 25.5 Å². The van der Waals surface area contributed by atoms with Gasteiger partial charge in [-0.2, -0.15) is 0 Å². The van der Waals surface area contributed by atoms with Crippen molar-refractivity contribution in [3.8, 4) is 5.75 Å². The van der Waals surface area contributed by atoms with E-state index in [-0.39, 0.29) is 22.8 Å². The number of hydrogen-bond acceptors (Lipinski definition) is 4. The molecule has 0 unspecified atom stereocenters. The Balaban J connectivity index is 2.04. The van der Waals surface area contributed by atoms with E-state index in [1.807, 2.05) is 35.9 Å². The standard InChI is InChI=1S/C19H25N3O3S/c1-4-6-12(3)22-18-16(19(24)21-22)17(26-11-15(23)20-18)13-7-9-14(10-8-13)25-5-2/h7-10,12,17H,4-6,11H2,1-3H3,(H,20,23)(H,21,24)/t12-,17-/m0/s1. The molecule has 1 aliphatic heterocycles. The molecule has 1 amide bonds. The highest BCUT2D eigenvalue weighted by molar-refractivity contribution is 8.00. The van der Waals surface area contributed by atoms with Crippen molar-refractivity contribution in [1.82, 2.24) is 9.78 Å². The fourth-order valence-electron chi connectivity index (χ4n) is 3.29. The van der Waals surface area contributed by atoms with Gasteiger partial charge >= 0.3 is 0 Å². The molecule has 0 saturated carbocycles. The smallest absolute Gasteiger partial charge is 0.270 e. The van der Waals surface area contributed by atoms with Crippen molar-refractivity contribution in [3.63, 3.8) is 0 Å². The molecular weight excluding hydrogens is 350 g/mol. The normalized spacial score (nSPS) is 18.0. The molecule has 0 aliphatic carbocycles. The minimum atomic E-state index is -0.196. The Morgan fingerprint density at radius 2 is 2.00 bits per heavy atom. The number of rotatable bonds is 6. The molecule has 1 aromatic carbocycles. The van der Waals surface area contributed by atoms with E-state index in [1.165, 1.54) is 11.8 Å². The number of aromatic amines is 1. The predicted octanol–water partition coefficient (Wildman–Crippen LogP) is 3.71. The molecular formula is C19H25N3O3S. The lowest BCUT2D eigenvalue weighted by atomic mass is 10.1. The van der Waals surface area contributed by atoms with Crippen molar-refractivity contribution < 1.29 is 9.53 Å². The van der Waals surface area contributed by atoms with Gasteiger partial charge < -0.3 is 10.1 Å². The summed E-state index contributed by atoms with van der Waals surface area (Å²) < 4.78 is 7.31. The van der Waals surface area contributed by atoms with Gasteiger partial charge in [0.15, 0.2) is 0 Å². The molecule has 0 fully saturated rings. The number of fused-ring (bicyclic) bond motifs is 1. The van der Waals surface area contributed by atoms with Crippen LogP contribution in [0.2, 0.25) is 0 Å². The van der Waals surface area contributed by atoms with Gasteiger partial charge in [0.05, 0.1) is 23.2 Å². The van der Waals surface area contributed by atoms with Crippen molar-refractivity contribution in [1.29, 1.82) is 0 Å². The van der Waals surface area contributed by atoms with Gasteiger partial charge in [-0.3, -0.25) is 19.4 Å². The van der Waals surface area contributed by atoms with E-state index in [0.717, 1.165) is 24.2 Å². The molecule has 3 rings (SSSR count). The SMILES string of the molecule is CCC[C@H](C)n1[nH]c(=O)c2c1NC(=O)CS[C@H]2c1ccc(OCC)cc1. The third-order valence-corrected chi connectivity index (χ3v) is 5.77. The average Bonchev–Trinajstić information content (AvgIpc) is 2.83. The van der Waals surface area contributed by atoms with Gasteiger partial charge in [0.1, 0.15) is 11.6 Å². The summed E-state index contributed by atoms with van der Waals surface area (Å²) in [6, 6.07) is 7.86. The summed E-state index contributed by atoms with van der Waals surface area (Å²) in [5.74, 6) is 1.63. The number of thioether (sulfide) groups is 1. The number of carbonyl (C=O) groups is 1. The molecule has 1 aromatic heterocycles. The lowest BCUT2D eigenvalue weighted by molar-refractivity contribution is -0.113. The number of H-pyrrole nitrogens is 1. The largest absolute Gasteiger partial charge is 0.494 e. The van der Waals surface area contributed by atoms with E-state index in [9.17, 15) is 9.59 Å². The van der Waals surface area contributed by atoms with Crippen LogP contribution in [0.3, 0.4) is 0 Å². The number of benzene rings is 1. The molecule has 2 N–H and O–H groups in total. The summed E-state index contributed by atoms with van der Waals surface area (Å²) in [6.07, 6.45) is 1.93. The van der Waals surface area contributed by atoms with Gasteiger partial charge in [0.25, 0.3) is 5.56 Å². The second-order valence-corrected chi connectivity index (χ2v) is 7.55. The quantitative estimate of drug-likeness (QED) is 0.807. The fraction of sp³-hybridized carbons (Fsp3) is 0.474. The fourth-order valence-corrected chi connectivity index (χ4v) is 4.42. The van der Waals surface area contributed by atoms with Crippen LogP contribution in [0.15, 0.2) is 29.1 Å². The lowest BCUT2D eigenvalue weighted by Gasteiger charge is -2.17. The van der Waals surface area contributed by atoms with Crippen LogP contribution >= 0.6 is 11.8 Å². The molecule has 140 valence electrons. The van der Waals surface area contributed by atoms with Gasteiger partial charge in [-0.25, -0.2) is 0 Å². The highest BCUT2D eigenvalue weighted by Gasteiger charge is 2.31. The van der Waals surface area contributed by atoms with Crippen molar-refractivity contribution in [2.75, 3.05) is 17.7 Å². The predicted molar refractivity (Wildman–Crippen MR) is 105 cm³/mol. The summed E-state index contributed by atoms with van der Waals surface area (Å²) in [4.78, 5) is 25.0. The molecule has 26 heavy (non-hydrogen) atoms. The maximum Gasteiger partial charge on any atom is 0.270 e. The molecule has 0 saturated heterocycles. The zero-order chi connectivity index (χ0) is 18.7. The lowest BCUT2D eigenvalue weighted by Crippen LogP contribution is -2.18. The van der Waals surface area contributed by atoms with Gasteiger partial charge in [0.2, 0.25) is 5.91 Å². The zero-order valence-corrected chi connectivity index (χ0v) is 16.2. The van der Waals surface area contributed by atoms with Crippen LogP contribution in [-0.4, -0.2) is 28.0 Å². The van der Waals surface area contributed by atoms with Crippen molar-refractivity contribution in [2.24, 2.45) is 0 Å². The second-order valence-electron chi connectivity index (χ2n) is 6.45. The topological polar surface area (TPSA) is 76.1 Å². The van der Waals surface area contributed by atoms with E-state index < -0.39 is 0 Å². The molecule has 1 aliphatic rings. The monoisotopic (exact) mass is 375 g/mol. The number of anilines is 1. The van der Waals surface area contributed by atoms with E-state index in [1.54, 1.807) is 0 Å². The van der Waals surface area contributed by atoms with Crippen LogP contribution in [0.25, 0.3) is 0 Å². The molecule has 6 nitrogen and oxygen atoms in total. The van der Waals surface area contributed by atoms with Gasteiger partial charge in [-0.15, -0.1) is 11.8 Å². The summed E-state index contributed by atoms with van der Waals surface area (Å²) in [7, 11) is 0. The van der Waals surface area contributed by atoms with Crippen LogP contribution in [0.5, 0.6) is 5.75 Å². The number of ether oxygens (including phenoxy) is 1. The number of hydrogen-bond donors (Lipinski definition) is 2. The van der Waals surface area contributed by atoms with E-state index in [4.69, 9.17) is 4.74 Å². The van der Waals surface area contributed by atoms with E-state index in [0.29, 0.717) is 23.7 Å². The molecule has 0 spiro atoms. The minimum Gasteiger partial charge on any atom is -0.494 e. The Hall–Kier alpha value is -2.15. The number of carbonyl (C=O) groups excluding carboxylic acids is 1. The first-order valence-corrected chi connectivity index (χ1v) is 10.1. The van der Waals surface area contributed by atoms with Crippen molar-refractivity contribution in [2.45, 2.75) is 44.9 Å². The minimum absolute atomic E-state index is 0.0823. The highest BCUT2D eigenvalue weighted by Crippen LogP contribution is 2.40. The van der Waals surface area contributed by atoms with Crippen LogP contribution in [0.4, 0.5) is 5.82 Å². The third-order valence-electron chi connectivity index (χ3n) is 4.50. The molecule has 2 atom stereocenters. The molecule has 0 bridgehead atoms. The highest BCUT2D eigenvalue weighted by atomic mass is 32.2. The van der Waals surface area contributed by atoms with E-state index >= 15 is 0 Å². The number of aromatic nitrogens is 2. The van der Waals surface area contributed by atoms with Gasteiger partial charge in [-0.05, 0) is 38.0 Å². The van der Waals surface area contributed by atoms with Crippen LogP contribution in [0, 0.1) is 0 Å². The Morgan fingerprint density at radius 1 is 1.27 bits per heavy atom. The van der Waals surface area contributed by atoms with Gasteiger partial charge in [0, 0.05) is 6.04 Å². The first-order valence-electron chi connectivity index (χ1n) is 9.03. The Morgan fingerprint density at radius 3 is 2.65 bits per heavy atom. The molecule has 2 aromatic rings. The van der Waals surface area contributed by atoms with Crippen molar-refractivity contribution in [3.05, 3.63) is 45.7 Å². The maximum absolute atomic E-state index is 12.7. The summed E-state index contributed by atoms with van der Waals surface area (Å²) in [5.41, 5.74) is 1.46. The zero-order valence-electron chi connectivity index (χ0n) is 15.4. The molecule has 0 radical (unpaired) electrons. The first-order chi connectivity index (χ1) is 12.5. The number of amides is 1. The second kappa shape index (κ2) is 8.03. The molecule has 2 heterocycles. The van der Waals surface area contributed by atoms with Crippen LogP contribution in [-0.2, 0) is 4.79 Å². The van der Waals surface area contributed by atoms with Crippen molar-refractivity contribution >= 4 is 23.5 Å². The number of nitrogens with one attached hydrogen (secondary N) is 2. The summed E-state index contributed by atoms with van der Waals surface area (Å²) in [5, 5.41) is 5.66. The van der Waals surface area contributed by atoms with Crippen LogP contribution in [0.1, 0.15) is 56.0 Å². The summed E-state index contributed by atoms with van der Waals surface area (Å²) >= 11 is 1.47. The Kier molecular flexibility index (Phi) is 5.76. The Bertz CT molecular complexity index is 826. The average molecular weight is 375 g/mol. The maximum atomic E-state index is 12.7. The Labute approximate surface area is 157 Å². The summed E-state index contributed by atoms with van der Waals surface area (Å²) in [6.45, 7) is 6.71. The number of nitrogens with zero attached hydrogens (tertiary/aromatic N) is 1.